The Morgan fingerprint density at radius 1 is 0.789 bits per heavy atom. The van der Waals surface area contributed by atoms with E-state index in [-0.39, 0.29) is 36.7 Å². The van der Waals surface area contributed by atoms with E-state index in [1.54, 1.807) is 12.1 Å². The molecule has 1 atom stereocenters. The molecule has 3 aromatic rings. The first-order valence-electron chi connectivity index (χ1n) is 11.6. The summed E-state index contributed by atoms with van der Waals surface area (Å²) in [7, 11) is 0. The van der Waals surface area contributed by atoms with Crippen molar-refractivity contribution in [2.75, 3.05) is 39.5 Å². The SMILES string of the molecule is O=C(O)c1ccccc1O.O=C(O)c1ccccc1[O-].OCC[NH+](CCO)CC(O)COc1ccccc1. The summed E-state index contributed by atoms with van der Waals surface area (Å²) in [6.07, 6.45) is -0.613. The predicted molar refractivity (Wildman–Crippen MR) is 136 cm³/mol. The van der Waals surface area contributed by atoms with Crippen molar-refractivity contribution in [3.8, 4) is 17.2 Å². The van der Waals surface area contributed by atoms with Crippen molar-refractivity contribution in [1.29, 1.82) is 0 Å². The number of carboxylic acid groups (broad SMARTS) is 2. The summed E-state index contributed by atoms with van der Waals surface area (Å²) >= 11 is 0. The van der Waals surface area contributed by atoms with Crippen molar-refractivity contribution in [2.45, 2.75) is 6.10 Å². The van der Waals surface area contributed by atoms with Gasteiger partial charge in [0.1, 0.15) is 49.4 Å². The van der Waals surface area contributed by atoms with Crippen LogP contribution >= 0.6 is 0 Å². The van der Waals surface area contributed by atoms with Crippen LogP contribution < -0.4 is 14.7 Å². The van der Waals surface area contributed by atoms with Crippen LogP contribution in [0.2, 0.25) is 0 Å². The van der Waals surface area contributed by atoms with E-state index >= 15 is 0 Å². The fourth-order valence-corrected chi connectivity index (χ4v) is 3.04. The molecule has 0 spiro atoms. The van der Waals surface area contributed by atoms with Gasteiger partial charge in [0.05, 0.1) is 18.8 Å². The summed E-state index contributed by atoms with van der Waals surface area (Å²) in [5, 5.41) is 63.9. The van der Waals surface area contributed by atoms with Gasteiger partial charge >= 0.3 is 11.9 Å². The lowest BCUT2D eigenvalue weighted by atomic mass is 10.2. The van der Waals surface area contributed by atoms with Crippen molar-refractivity contribution < 1.29 is 55.0 Å². The number of ether oxygens (including phenoxy) is 1. The number of quaternary nitrogens is 1. The maximum atomic E-state index is 10.7. The van der Waals surface area contributed by atoms with Crippen LogP contribution in [0.3, 0.4) is 0 Å². The quantitative estimate of drug-likeness (QED) is 0.175. The molecule has 0 fully saturated rings. The monoisotopic (exact) mass is 531 g/mol. The molecule has 11 nitrogen and oxygen atoms in total. The van der Waals surface area contributed by atoms with Gasteiger partial charge in [-0.05, 0) is 30.3 Å². The first-order chi connectivity index (χ1) is 18.2. The van der Waals surface area contributed by atoms with Crippen LogP contribution in [0, 0.1) is 0 Å². The van der Waals surface area contributed by atoms with Crippen molar-refractivity contribution in [3.05, 3.63) is 90.0 Å². The van der Waals surface area contributed by atoms with Crippen LogP contribution in [-0.4, -0.2) is 88.1 Å². The molecule has 206 valence electrons. The molecule has 1 unspecified atom stereocenters. The fraction of sp³-hybridized carbons (Fsp3) is 0.259. The molecular formula is C27H33NO10. The number of hydrogen-bond acceptors (Lipinski definition) is 8. The number of rotatable bonds is 11. The number of aliphatic hydroxyl groups is 3. The zero-order valence-corrected chi connectivity index (χ0v) is 20.6. The van der Waals surface area contributed by atoms with Gasteiger partial charge < -0.3 is 45.4 Å². The first-order valence-corrected chi connectivity index (χ1v) is 11.6. The van der Waals surface area contributed by atoms with E-state index in [1.165, 1.54) is 36.4 Å². The Morgan fingerprint density at radius 3 is 1.74 bits per heavy atom. The van der Waals surface area contributed by atoms with E-state index in [1.807, 2.05) is 30.3 Å². The molecule has 0 aromatic heterocycles. The molecule has 38 heavy (non-hydrogen) atoms. The van der Waals surface area contributed by atoms with E-state index in [0.29, 0.717) is 19.6 Å². The highest BCUT2D eigenvalue weighted by molar-refractivity contribution is 5.90. The molecule has 0 bridgehead atoms. The molecule has 7 N–H and O–H groups in total. The Morgan fingerprint density at radius 2 is 1.29 bits per heavy atom. The number of aromatic hydroxyl groups is 1. The molecule has 0 aliphatic rings. The molecule has 0 heterocycles. The summed E-state index contributed by atoms with van der Waals surface area (Å²) in [5.74, 6) is -2.21. The molecule has 0 saturated heterocycles. The Balaban J connectivity index is 0.000000307. The van der Waals surface area contributed by atoms with Gasteiger partial charge in [0, 0.05) is 0 Å². The molecule has 0 radical (unpaired) electrons. The number of carbonyl (C=O) groups is 2. The highest BCUT2D eigenvalue weighted by Gasteiger charge is 2.15. The summed E-state index contributed by atoms with van der Waals surface area (Å²) in [6, 6.07) is 20.7. The van der Waals surface area contributed by atoms with Crippen molar-refractivity contribution in [3.63, 3.8) is 0 Å². The number of phenols is 1. The highest BCUT2D eigenvalue weighted by Crippen LogP contribution is 2.14. The molecule has 0 aliphatic heterocycles. The number of hydrogen-bond donors (Lipinski definition) is 7. The lowest BCUT2D eigenvalue weighted by molar-refractivity contribution is -0.903. The molecule has 3 aromatic carbocycles. The summed E-state index contributed by atoms with van der Waals surface area (Å²) in [5.41, 5.74) is -0.245. The van der Waals surface area contributed by atoms with Gasteiger partial charge in [0.25, 0.3) is 0 Å². The van der Waals surface area contributed by atoms with Crippen LogP contribution in [0.5, 0.6) is 17.2 Å². The average Bonchev–Trinajstić information content (AvgIpc) is 2.89. The Kier molecular flexibility index (Phi) is 15.2. The van der Waals surface area contributed by atoms with Crippen LogP contribution in [0.1, 0.15) is 20.7 Å². The zero-order chi connectivity index (χ0) is 28.3. The summed E-state index contributed by atoms with van der Waals surface area (Å²) in [6.45, 7) is 1.79. The fourth-order valence-electron chi connectivity index (χ4n) is 3.04. The molecular weight excluding hydrogens is 498 g/mol. The van der Waals surface area contributed by atoms with Crippen LogP contribution in [0.15, 0.2) is 78.9 Å². The zero-order valence-electron chi connectivity index (χ0n) is 20.6. The smallest absolute Gasteiger partial charge is 0.339 e. The number of benzene rings is 3. The standard InChI is InChI=1S/C13H21NO4.2C7H6O3/c15-8-6-14(7-9-16)10-12(17)11-18-13-4-2-1-3-5-13;2*8-6-4-2-1-3-5(6)7(9)10/h1-5,12,15-17H,6-11H2;2*1-4,8H,(H,9,10). The normalized spacial score (nSPS) is 10.8. The Hall–Kier alpha value is -4.16. The van der Waals surface area contributed by atoms with Gasteiger partial charge in [0.15, 0.2) is 0 Å². The third-order valence-electron chi connectivity index (χ3n) is 4.89. The van der Waals surface area contributed by atoms with Gasteiger partial charge in [-0.15, -0.1) is 0 Å². The third kappa shape index (κ3) is 12.7. The predicted octanol–water partition coefficient (Wildman–Crippen LogP) is -0.155. The largest absolute Gasteiger partial charge is 0.872 e. The molecule has 0 aliphatic carbocycles. The summed E-state index contributed by atoms with van der Waals surface area (Å²) < 4.78 is 5.44. The first kappa shape index (κ1) is 31.9. The number of nitrogens with one attached hydrogen (secondary N) is 1. The van der Waals surface area contributed by atoms with Crippen LogP contribution in [-0.2, 0) is 0 Å². The number of para-hydroxylation sites is 3. The lowest BCUT2D eigenvalue weighted by Gasteiger charge is -2.20. The molecule has 0 amide bonds. The van der Waals surface area contributed by atoms with Gasteiger partial charge in [0.2, 0.25) is 0 Å². The molecule has 11 heteroatoms. The average molecular weight is 532 g/mol. The topological polar surface area (TPSA) is 192 Å². The van der Waals surface area contributed by atoms with E-state index in [2.05, 4.69) is 0 Å². The highest BCUT2D eigenvalue weighted by atomic mass is 16.5. The molecule has 3 rings (SSSR count). The Labute approximate surface area is 220 Å². The van der Waals surface area contributed by atoms with Crippen molar-refractivity contribution in [2.24, 2.45) is 0 Å². The number of aromatic carboxylic acids is 2. The molecule has 0 saturated carbocycles. The number of aliphatic hydroxyl groups excluding tert-OH is 3. The van der Waals surface area contributed by atoms with E-state index in [9.17, 15) is 19.8 Å². The van der Waals surface area contributed by atoms with Crippen molar-refractivity contribution in [1.82, 2.24) is 0 Å². The minimum absolute atomic E-state index is 0.0432. The van der Waals surface area contributed by atoms with Crippen LogP contribution in [0.4, 0.5) is 0 Å². The second kappa shape index (κ2) is 18.1. The second-order valence-corrected chi connectivity index (χ2v) is 7.80. The Bertz CT molecular complexity index is 1030. The maximum absolute atomic E-state index is 10.7. The van der Waals surface area contributed by atoms with Gasteiger partial charge in [-0.3, -0.25) is 0 Å². The summed E-state index contributed by atoms with van der Waals surface area (Å²) in [4.78, 5) is 21.4. The second-order valence-electron chi connectivity index (χ2n) is 7.80. The van der Waals surface area contributed by atoms with Gasteiger partial charge in [-0.25, -0.2) is 9.59 Å². The van der Waals surface area contributed by atoms with Crippen molar-refractivity contribution >= 4 is 11.9 Å². The maximum Gasteiger partial charge on any atom is 0.339 e. The van der Waals surface area contributed by atoms with E-state index < -0.39 is 23.8 Å². The lowest BCUT2D eigenvalue weighted by Crippen LogP contribution is -3.14. The minimum atomic E-state index is -1.18. The van der Waals surface area contributed by atoms with Gasteiger partial charge in [-0.2, -0.15) is 0 Å². The minimum Gasteiger partial charge on any atom is -0.872 e. The van der Waals surface area contributed by atoms with Crippen LogP contribution in [0.25, 0.3) is 0 Å². The van der Waals surface area contributed by atoms with E-state index in [0.717, 1.165) is 10.6 Å². The van der Waals surface area contributed by atoms with Gasteiger partial charge in [-0.1, -0.05) is 54.3 Å². The van der Waals surface area contributed by atoms with E-state index in [4.69, 9.17) is 30.3 Å². The third-order valence-corrected chi connectivity index (χ3v) is 4.89. The number of carboxylic acids is 2.